The number of fused-ring (bicyclic) bond motifs is 3. The molecule has 0 N–H and O–H groups in total. The molecule has 2 atom stereocenters. The van der Waals surface area contributed by atoms with Crippen LogP contribution in [0.3, 0.4) is 0 Å². The van der Waals surface area contributed by atoms with Gasteiger partial charge in [0.25, 0.3) is 0 Å². The Morgan fingerprint density at radius 3 is 2.17 bits per heavy atom. The summed E-state index contributed by atoms with van der Waals surface area (Å²) in [7, 11) is 16.9. The molecule has 0 saturated heterocycles. The molecule has 4 aromatic carbocycles. The van der Waals surface area contributed by atoms with E-state index in [1.165, 1.54) is 44.5 Å². The number of halogens is 2. The van der Waals surface area contributed by atoms with Crippen LogP contribution in [-0.2, 0) is 15.6 Å². The molecule has 0 amide bonds. The van der Waals surface area contributed by atoms with Gasteiger partial charge in [-0.2, -0.15) is 0 Å². The number of pyridine rings is 1. The summed E-state index contributed by atoms with van der Waals surface area (Å²) in [5, 5.41) is 1.14. The van der Waals surface area contributed by atoms with E-state index < -0.39 is 21.5 Å². The summed E-state index contributed by atoms with van der Waals surface area (Å²) in [6, 6.07) is 36.8. The summed E-state index contributed by atoms with van der Waals surface area (Å²) in [5.74, 6) is -1.62. The average molecular weight is 669 g/mol. The van der Waals surface area contributed by atoms with Crippen molar-refractivity contribution in [3.05, 3.63) is 143 Å². The molecule has 5 heteroatoms. The van der Waals surface area contributed by atoms with Crippen molar-refractivity contribution >= 4 is 51.6 Å². The van der Waals surface area contributed by atoms with E-state index in [1.54, 1.807) is 0 Å². The molecular formula is C36H32Cl2NSiZr. The van der Waals surface area contributed by atoms with E-state index in [0.29, 0.717) is 0 Å². The molecule has 0 radical (unpaired) electrons. The van der Waals surface area contributed by atoms with Crippen LogP contribution in [0, 0.1) is 0 Å². The van der Waals surface area contributed by atoms with E-state index in [4.69, 9.17) is 22.0 Å². The molecule has 0 bridgehead atoms. The molecule has 1 nitrogen and oxygen atoms in total. The van der Waals surface area contributed by atoms with Gasteiger partial charge >= 0.3 is 253 Å². The van der Waals surface area contributed by atoms with Crippen molar-refractivity contribution in [3.63, 3.8) is 0 Å². The fourth-order valence-electron chi connectivity index (χ4n) is 7.48. The van der Waals surface area contributed by atoms with Gasteiger partial charge in [-0.05, 0) is 0 Å². The molecule has 0 saturated carbocycles. The third-order valence-corrected chi connectivity index (χ3v) is 61.4. The van der Waals surface area contributed by atoms with E-state index in [-0.39, 0.29) is 7.25 Å². The number of hydrogen-bond donors (Lipinski definition) is 0. The molecule has 1 aromatic heterocycles. The van der Waals surface area contributed by atoms with Crippen molar-refractivity contribution < 1.29 is 15.6 Å². The Kier molecular flexibility index (Phi) is 6.67. The molecule has 0 aliphatic heterocycles. The Morgan fingerprint density at radius 1 is 0.683 bits per heavy atom. The van der Waals surface area contributed by atoms with Crippen molar-refractivity contribution in [1.82, 2.24) is 4.98 Å². The number of benzene rings is 4. The first-order valence-electron chi connectivity index (χ1n) is 14.4. The molecular weight excluding hydrogens is 637 g/mol. The van der Waals surface area contributed by atoms with E-state index >= 15 is 0 Å². The molecule has 0 fully saturated rings. The Balaban J connectivity index is 1.53. The van der Waals surface area contributed by atoms with E-state index in [2.05, 4.69) is 129 Å². The van der Waals surface area contributed by atoms with Crippen LogP contribution in [0.25, 0.3) is 39.8 Å². The summed E-state index contributed by atoms with van der Waals surface area (Å²) in [5.41, 5.74) is 12.3. The van der Waals surface area contributed by atoms with Crippen LogP contribution in [0.4, 0.5) is 0 Å². The fraction of sp³-hybridized carbons (Fsp3) is 0.139. The molecule has 7 rings (SSSR count). The van der Waals surface area contributed by atoms with E-state index in [0.717, 1.165) is 16.5 Å². The average Bonchev–Trinajstić information content (AvgIpc) is 3.56. The van der Waals surface area contributed by atoms with Gasteiger partial charge < -0.3 is 0 Å². The van der Waals surface area contributed by atoms with Gasteiger partial charge in [0.1, 0.15) is 0 Å². The zero-order valence-corrected chi connectivity index (χ0v) is 28.6. The van der Waals surface area contributed by atoms with Crippen LogP contribution in [0.5, 0.6) is 0 Å². The van der Waals surface area contributed by atoms with Crippen molar-refractivity contribution in [2.45, 2.75) is 27.3 Å². The molecule has 2 unspecified atom stereocenters. The standard InChI is InChI=1S/C24H16N.C10H9.C2H7Si.2ClH.Zr/c1-2-7-17(8-3-1)20-15-19-10-5-12-21(23(19)16-20)22-13-4-9-18-11-6-14-25-24(18)22;1-8-6-9-4-2-3-5-10(9)7-8;1-3-2;;;/h1-16H;2-7H,1H3;3H,1-2H3;2*1H;/q;;;;;+2/p-2. The molecule has 1 heterocycles. The summed E-state index contributed by atoms with van der Waals surface area (Å²) >= 11 is -4.79. The number of para-hydroxylation sites is 1. The predicted octanol–water partition coefficient (Wildman–Crippen LogP) is 10.6. The van der Waals surface area contributed by atoms with Gasteiger partial charge in [0.15, 0.2) is 0 Å². The van der Waals surface area contributed by atoms with E-state index in [1.807, 2.05) is 12.3 Å². The number of rotatable bonds is 5. The predicted molar refractivity (Wildman–Crippen MR) is 178 cm³/mol. The molecule has 0 spiro atoms. The first-order chi connectivity index (χ1) is 19.8. The van der Waals surface area contributed by atoms with Crippen molar-refractivity contribution in [2.75, 3.05) is 0 Å². The molecule has 5 aromatic rings. The number of allylic oxidation sites excluding steroid dienone is 2. The van der Waals surface area contributed by atoms with Crippen molar-refractivity contribution in [3.8, 4) is 11.1 Å². The summed E-state index contributed by atoms with van der Waals surface area (Å²) in [6.07, 6.45) is 6.62. The minimum atomic E-state index is -4.79. The first kappa shape index (κ1) is 27.3. The second kappa shape index (κ2) is 10.0. The summed E-state index contributed by atoms with van der Waals surface area (Å²) < 4.78 is 0.0832. The maximum atomic E-state index is 8.47. The van der Waals surface area contributed by atoms with Gasteiger partial charge in [-0.25, -0.2) is 0 Å². The Morgan fingerprint density at radius 2 is 1.37 bits per heavy atom. The van der Waals surface area contributed by atoms with Gasteiger partial charge in [0.05, 0.1) is 0 Å². The quantitative estimate of drug-likeness (QED) is 0.170. The normalized spacial score (nSPS) is 18.9. The first-order valence-corrected chi connectivity index (χ1v) is 30.7. The third-order valence-electron chi connectivity index (χ3n) is 9.44. The summed E-state index contributed by atoms with van der Waals surface area (Å²) in [6.45, 7) is 7.05. The molecule has 2 aliphatic rings. The van der Waals surface area contributed by atoms with Crippen LogP contribution in [-0.4, -0.2) is 10.9 Å². The van der Waals surface area contributed by atoms with Gasteiger partial charge in [0.2, 0.25) is 0 Å². The van der Waals surface area contributed by atoms with Crippen LogP contribution in [0.15, 0.2) is 115 Å². The van der Waals surface area contributed by atoms with E-state index in [9.17, 15) is 0 Å². The van der Waals surface area contributed by atoms with Gasteiger partial charge in [-0.15, -0.1) is 0 Å². The Bertz CT molecular complexity index is 1890. The molecule has 2 aliphatic carbocycles. The topological polar surface area (TPSA) is 12.9 Å². The molecule has 41 heavy (non-hydrogen) atoms. The van der Waals surface area contributed by atoms with Crippen LogP contribution in [0.1, 0.15) is 42.0 Å². The van der Waals surface area contributed by atoms with Gasteiger partial charge in [-0.1, -0.05) is 0 Å². The zero-order chi connectivity index (χ0) is 28.4. The minimum absolute atomic E-state index is 0.00812. The van der Waals surface area contributed by atoms with Crippen LogP contribution < -0.4 is 0 Å². The zero-order valence-electron chi connectivity index (χ0n) is 23.5. The fourth-order valence-corrected chi connectivity index (χ4v) is 39.0. The Hall–Kier alpha value is -2.55. The Labute approximate surface area is 251 Å². The maximum absolute atomic E-state index is 8.47. The van der Waals surface area contributed by atoms with Gasteiger partial charge in [-0.3, -0.25) is 0 Å². The SMILES string of the molecule is CC1=Cc2ccccc2[CH]1[Zr]([Cl])([Cl])([CH]1C(c2ccccc2)=Cc2c(-c3cccc4cccnc34)cccc21)[SiH](C)C. The number of aromatic nitrogens is 1. The third kappa shape index (κ3) is 4.08. The van der Waals surface area contributed by atoms with Crippen LogP contribution in [0.2, 0.25) is 13.1 Å². The second-order valence-electron chi connectivity index (χ2n) is 11.9. The van der Waals surface area contributed by atoms with Crippen molar-refractivity contribution in [2.24, 2.45) is 0 Å². The van der Waals surface area contributed by atoms with Crippen LogP contribution >= 0.6 is 17.0 Å². The molecule has 203 valence electrons. The second-order valence-corrected chi connectivity index (χ2v) is 54.4. The summed E-state index contributed by atoms with van der Waals surface area (Å²) in [4.78, 5) is 4.81. The monoisotopic (exact) mass is 666 g/mol. The van der Waals surface area contributed by atoms with Gasteiger partial charge in [0, 0.05) is 0 Å². The number of nitrogens with zero attached hydrogens (tertiary/aromatic N) is 1. The number of hydrogen-bond acceptors (Lipinski definition) is 1. The van der Waals surface area contributed by atoms with Crippen molar-refractivity contribution in [1.29, 1.82) is 0 Å².